The highest BCUT2D eigenvalue weighted by molar-refractivity contribution is 5.74. The van der Waals surface area contributed by atoms with Crippen LogP contribution in [-0.2, 0) is 0 Å². The van der Waals surface area contributed by atoms with Crippen molar-refractivity contribution < 1.29 is 4.39 Å². The Morgan fingerprint density at radius 3 is 3.00 bits per heavy atom. The van der Waals surface area contributed by atoms with Crippen LogP contribution in [0.1, 0.15) is 24.7 Å². The van der Waals surface area contributed by atoms with Gasteiger partial charge < -0.3 is 10.3 Å². The van der Waals surface area contributed by atoms with Crippen LogP contribution in [0.25, 0.3) is 11.0 Å². The molecule has 0 radical (unpaired) electrons. The summed E-state index contributed by atoms with van der Waals surface area (Å²) in [6.45, 7) is 0.725. The van der Waals surface area contributed by atoms with Crippen LogP contribution in [0.15, 0.2) is 24.3 Å². The summed E-state index contributed by atoms with van der Waals surface area (Å²) in [6.07, 6.45) is 0.413. The highest BCUT2D eigenvalue weighted by Gasteiger charge is 2.24. The monoisotopic (exact) mass is 219 g/mol. The fraction of sp³-hybridized carbons (Fsp3) is 0.417. The van der Waals surface area contributed by atoms with E-state index in [2.05, 4.69) is 15.3 Å². The molecule has 1 fully saturated rings. The average molecular weight is 219 g/mol. The van der Waals surface area contributed by atoms with Crippen LogP contribution in [0.2, 0.25) is 0 Å². The quantitative estimate of drug-likeness (QED) is 0.772. The molecule has 2 atom stereocenters. The van der Waals surface area contributed by atoms with Crippen LogP contribution >= 0.6 is 0 Å². The first-order valence-electron chi connectivity index (χ1n) is 5.65. The van der Waals surface area contributed by atoms with Crippen LogP contribution < -0.4 is 5.32 Å². The summed E-state index contributed by atoms with van der Waals surface area (Å²) in [7, 11) is 0. The number of alkyl halides is 1. The fourth-order valence-electron chi connectivity index (χ4n) is 2.22. The van der Waals surface area contributed by atoms with Crippen LogP contribution in [0.4, 0.5) is 4.39 Å². The number of nitrogens with one attached hydrogen (secondary N) is 2. The van der Waals surface area contributed by atoms with Crippen molar-refractivity contribution in [3.05, 3.63) is 30.1 Å². The number of para-hydroxylation sites is 2. The smallest absolute Gasteiger partial charge is 0.124 e. The van der Waals surface area contributed by atoms with Crippen molar-refractivity contribution in [2.75, 3.05) is 6.54 Å². The predicted octanol–water partition coefficient (Wildman–Crippen LogP) is 2.33. The summed E-state index contributed by atoms with van der Waals surface area (Å²) in [5.74, 6) is 0.851. The molecule has 3 rings (SSSR count). The van der Waals surface area contributed by atoms with Gasteiger partial charge in [-0.15, -0.1) is 0 Å². The Bertz CT molecular complexity index is 461. The lowest BCUT2D eigenvalue weighted by molar-refractivity contribution is 0.220. The predicted molar refractivity (Wildman–Crippen MR) is 61.0 cm³/mol. The first-order valence-corrected chi connectivity index (χ1v) is 5.65. The Labute approximate surface area is 93.1 Å². The Kier molecular flexibility index (Phi) is 2.36. The number of rotatable bonds is 1. The first kappa shape index (κ1) is 9.78. The summed E-state index contributed by atoms with van der Waals surface area (Å²) in [5, 5.41) is 3.29. The zero-order valence-corrected chi connectivity index (χ0v) is 8.91. The van der Waals surface area contributed by atoms with Gasteiger partial charge in [-0.05, 0) is 25.1 Å². The van der Waals surface area contributed by atoms with Gasteiger partial charge in [0, 0.05) is 6.42 Å². The van der Waals surface area contributed by atoms with Crippen LogP contribution in [0, 0.1) is 0 Å². The molecule has 2 aromatic rings. The average Bonchev–Trinajstić information content (AvgIpc) is 2.72. The molecule has 2 unspecified atom stereocenters. The Morgan fingerprint density at radius 1 is 1.31 bits per heavy atom. The lowest BCUT2D eigenvalue weighted by Crippen LogP contribution is -2.33. The lowest BCUT2D eigenvalue weighted by atomic mass is 10.0. The highest BCUT2D eigenvalue weighted by Crippen LogP contribution is 2.24. The first-order chi connectivity index (χ1) is 7.83. The number of aromatic amines is 1. The summed E-state index contributed by atoms with van der Waals surface area (Å²) >= 11 is 0. The molecule has 1 aromatic carbocycles. The van der Waals surface area contributed by atoms with E-state index in [9.17, 15) is 4.39 Å². The van der Waals surface area contributed by atoms with Gasteiger partial charge in [0.05, 0.1) is 17.1 Å². The zero-order chi connectivity index (χ0) is 11.0. The van der Waals surface area contributed by atoms with Crippen LogP contribution in [-0.4, -0.2) is 22.7 Å². The van der Waals surface area contributed by atoms with E-state index in [-0.39, 0.29) is 6.04 Å². The van der Waals surface area contributed by atoms with Crippen molar-refractivity contribution in [3.8, 4) is 0 Å². The molecule has 1 aromatic heterocycles. The largest absolute Gasteiger partial charge is 0.341 e. The van der Waals surface area contributed by atoms with Gasteiger partial charge in [-0.2, -0.15) is 0 Å². The third-order valence-electron chi connectivity index (χ3n) is 3.08. The molecule has 0 amide bonds. The molecule has 2 heterocycles. The minimum Gasteiger partial charge on any atom is -0.341 e. The van der Waals surface area contributed by atoms with E-state index in [1.54, 1.807) is 0 Å². The van der Waals surface area contributed by atoms with Crippen molar-refractivity contribution >= 4 is 11.0 Å². The number of aromatic nitrogens is 2. The van der Waals surface area contributed by atoms with Crippen molar-refractivity contribution in [1.29, 1.82) is 0 Å². The minimum atomic E-state index is -0.709. The third kappa shape index (κ3) is 1.69. The van der Waals surface area contributed by atoms with Crippen molar-refractivity contribution in [1.82, 2.24) is 15.3 Å². The summed E-state index contributed by atoms with van der Waals surface area (Å²) in [4.78, 5) is 7.73. The van der Waals surface area contributed by atoms with E-state index in [0.29, 0.717) is 12.8 Å². The molecule has 0 bridgehead atoms. The number of piperidine rings is 1. The van der Waals surface area contributed by atoms with E-state index in [1.807, 2.05) is 24.3 Å². The lowest BCUT2D eigenvalue weighted by Gasteiger charge is -2.24. The van der Waals surface area contributed by atoms with Gasteiger partial charge in [-0.3, -0.25) is 0 Å². The second kappa shape index (κ2) is 3.87. The maximum absolute atomic E-state index is 13.3. The number of halogens is 1. The third-order valence-corrected chi connectivity index (χ3v) is 3.08. The van der Waals surface area contributed by atoms with Gasteiger partial charge in [0.25, 0.3) is 0 Å². The number of H-pyrrole nitrogens is 1. The summed E-state index contributed by atoms with van der Waals surface area (Å²) < 4.78 is 13.3. The second-order valence-corrected chi connectivity index (χ2v) is 4.27. The van der Waals surface area contributed by atoms with Gasteiger partial charge in [-0.1, -0.05) is 12.1 Å². The second-order valence-electron chi connectivity index (χ2n) is 4.27. The molecule has 0 spiro atoms. The van der Waals surface area contributed by atoms with Crippen molar-refractivity contribution in [2.24, 2.45) is 0 Å². The minimum absolute atomic E-state index is 0.0242. The molecule has 84 valence electrons. The van der Waals surface area contributed by atoms with Gasteiger partial charge in [-0.25, -0.2) is 9.37 Å². The van der Waals surface area contributed by atoms with Gasteiger partial charge in [0.1, 0.15) is 12.0 Å². The Balaban J connectivity index is 1.93. The van der Waals surface area contributed by atoms with Gasteiger partial charge in [0.2, 0.25) is 0 Å². The summed E-state index contributed by atoms with van der Waals surface area (Å²) in [6, 6.07) is 7.90. The molecule has 2 N–H and O–H groups in total. The maximum atomic E-state index is 13.3. The van der Waals surface area contributed by atoms with Gasteiger partial charge in [0.15, 0.2) is 0 Å². The van der Waals surface area contributed by atoms with Crippen molar-refractivity contribution in [2.45, 2.75) is 25.1 Å². The SMILES string of the molecule is FC1CCNC(c2nc3ccccc3[nH]2)C1. The molecule has 0 aliphatic carbocycles. The number of imidazole rings is 1. The number of nitrogens with zero attached hydrogens (tertiary/aromatic N) is 1. The van der Waals surface area contributed by atoms with Crippen LogP contribution in [0.5, 0.6) is 0 Å². The van der Waals surface area contributed by atoms with E-state index < -0.39 is 6.17 Å². The molecule has 3 nitrogen and oxygen atoms in total. The molecule has 4 heteroatoms. The normalized spacial score (nSPS) is 26.1. The Morgan fingerprint density at radius 2 is 2.19 bits per heavy atom. The van der Waals surface area contributed by atoms with Crippen molar-refractivity contribution in [3.63, 3.8) is 0 Å². The Hall–Kier alpha value is -1.42. The molecule has 1 aliphatic heterocycles. The fourth-order valence-corrected chi connectivity index (χ4v) is 2.22. The highest BCUT2D eigenvalue weighted by atomic mass is 19.1. The number of fused-ring (bicyclic) bond motifs is 1. The number of hydrogen-bond donors (Lipinski definition) is 2. The van der Waals surface area contributed by atoms with Gasteiger partial charge >= 0.3 is 0 Å². The van der Waals surface area contributed by atoms with E-state index in [1.165, 1.54) is 0 Å². The zero-order valence-electron chi connectivity index (χ0n) is 8.91. The molecule has 1 saturated heterocycles. The maximum Gasteiger partial charge on any atom is 0.124 e. The molecular weight excluding hydrogens is 205 g/mol. The molecule has 1 aliphatic rings. The number of benzene rings is 1. The standard InChI is InChI=1S/C12H14FN3/c13-8-5-6-14-11(7-8)12-15-9-3-1-2-4-10(9)16-12/h1-4,8,11,14H,5-7H2,(H,15,16). The summed E-state index contributed by atoms with van der Waals surface area (Å²) in [5.41, 5.74) is 1.96. The van der Waals surface area contributed by atoms with E-state index >= 15 is 0 Å². The van der Waals surface area contributed by atoms with Crippen LogP contribution in [0.3, 0.4) is 0 Å². The number of hydrogen-bond acceptors (Lipinski definition) is 2. The molecule has 16 heavy (non-hydrogen) atoms. The van der Waals surface area contributed by atoms with E-state index in [4.69, 9.17) is 0 Å². The molecular formula is C12H14FN3. The van der Waals surface area contributed by atoms with E-state index in [0.717, 1.165) is 23.4 Å². The molecule has 0 saturated carbocycles. The topological polar surface area (TPSA) is 40.7 Å².